The first-order chi connectivity index (χ1) is 10.1. The molecule has 0 bridgehead atoms. The van der Waals surface area contributed by atoms with Crippen molar-refractivity contribution in [1.29, 1.82) is 0 Å². The zero-order valence-corrected chi connectivity index (χ0v) is 12.5. The van der Waals surface area contributed by atoms with E-state index in [9.17, 15) is 8.78 Å². The second kappa shape index (κ2) is 5.74. The molecule has 2 aromatic carbocycles. The zero-order chi connectivity index (χ0) is 15.0. The maximum Gasteiger partial charge on any atom is 0.166 e. The van der Waals surface area contributed by atoms with Crippen molar-refractivity contribution in [2.75, 3.05) is 0 Å². The molecule has 1 aliphatic rings. The van der Waals surface area contributed by atoms with Crippen molar-refractivity contribution in [1.82, 2.24) is 5.32 Å². The third-order valence-electron chi connectivity index (χ3n) is 3.79. The molecule has 0 aliphatic heterocycles. The van der Waals surface area contributed by atoms with Crippen LogP contribution in [0.3, 0.4) is 0 Å². The fourth-order valence-corrected chi connectivity index (χ4v) is 2.56. The van der Waals surface area contributed by atoms with Crippen molar-refractivity contribution >= 4 is 11.6 Å². The number of benzene rings is 2. The largest absolute Gasteiger partial charge is 0.310 e. The minimum Gasteiger partial charge on any atom is -0.310 e. The Bertz CT molecular complexity index is 681. The van der Waals surface area contributed by atoms with Gasteiger partial charge in [0.2, 0.25) is 0 Å². The van der Waals surface area contributed by atoms with Gasteiger partial charge in [0, 0.05) is 23.2 Å². The molecule has 0 atom stereocenters. The number of hydrogen-bond acceptors (Lipinski definition) is 1. The van der Waals surface area contributed by atoms with Crippen LogP contribution in [-0.2, 0) is 6.54 Å². The van der Waals surface area contributed by atoms with Crippen LogP contribution in [0.4, 0.5) is 8.78 Å². The predicted molar refractivity (Wildman–Crippen MR) is 81.4 cm³/mol. The molecule has 1 aliphatic carbocycles. The van der Waals surface area contributed by atoms with Crippen molar-refractivity contribution in [3.8, 4) is 11.1 Å². The van der Waals surface area contributed by atoms with Gasteiger partial charge in [-0.05, 0) is 48.6 Å². The number of nitrogens with one attached hydrogen (secondary N) is 1. The van der Waals surface area contributed by atoms with E-state index in [0.29, 0.717) is 28.7 Å². The summed E-state index contributed by atoms with van der Waals surface area (Å²) in [6, 6.07) is 9.02. The second-order valence-corrected chi connectivity index (χ2v) is 5.95. The highest BCUT2D eigenvalue weighted by atomic mass is 35.5. The molecule has 2 aromatic rings. The summed E-state index contributed by atoms with van der Waals surface area (Å²) in [6.07, 6.45) is 2.34. The van der Waals surface area contributed by atoms with Gasteiger partial charge in [0.25, 0.3) is 0 Å². The summed E-state index contributed by atoms with van der Waals surface area (Å²) in [4.78, 5) is 0. The third-order valence-corrected chi connectivity index (χ3v) is 4.03. The topological polar surface area (TPSA) is 12.0 Å². The van der Waals surface area contributed by atoms with E-state index in [1.165, 1.54) is 12.8 Å². The van der Waals surface area contributed by atoms with Crippen molar-refractivity contribution in [2.24, 2.45) is 0 Å². The summed E-state index contributed by atoms with van der Waals surface area (Å²) < 4.78 is 28.0. The van der Waals surface area contributed by atoms with Crippen LogP contribution in [0.5, 0.6) is 0 Å². The van der Waals surface area contributed by atoms with E-state index in [1.54, 1.807) is 31.2 Å². The standard InChI is InChI=1S/C17H16ClF2N/c1-10-2-6-15(17(20)16(10)19)14-7-3-12(18)8-11(14)9-21-13-4-5-13/h2-3,6-8,13,21H,4-5,9H2,1H3. The maximum atomic E-state index is 14.2. The molecule has 0 aromatic heterocycles. The first kappa shape index (κ1) is 14.5. The summed E-state index contributed by atoms with van der Waals surface area (Å²) in [5.41, 5.74) is 2.16. The molecule has 0 heterocycles. The Hall–Kier alpha value is -1.45. The lowest BCUT2D eigenvalue weighted by Crippen LogP contribution is -2.16. The summed E-state index contributed by atoms with van der Waals surface area (Å²) in [6.45, 7) is 2.16. The molecular weight excluding hydrogens is 292 g/mol. The lowest BCUT2D eigenvalue weighted by Gasteiger charge is -2.13. The molecule has 1 nitrogen and oxygen atoms in total. The smallest absolute Gasteiger partial charge is 0.166 e. The van der Waals surface area contributed by atoms with Gasteiger partial charge in [0.15, 0.2) is 11.6 Å². The Balaban J connectivity index is 2.02. The first-order valence-corrected chi connectivity index (χ1v) is 7.41. The number of rotatable bonds is 4. The first-order valence-electron chi connectivity index (χ1n) is 7.03. The molecular formula is C17H16ClF2N. The fourth-order valence-electron chi connectivity index (χ4n) is 2.37. The van der Waals surface area contributed by atoms with Crippen molar-refractivity contribution < 1.29 is 8.78 Å². The van der Waals surface area contributed by atoms with Gasteiger partial charge < -0.3 is 5.32 Å². The van der Waals surface area contributed by atoms with Gasteiger partial charge in [-0.15, -0.1) is 0 Å². The van der Waals surface area contributed by atoms with Crippen LogP contribution in [0, 0.1) is 18.6 Å². The molecule has 1 fully saturated rings. The Morgan fingerprint density at radius 3 is 2.52 bits per heavy atom. The minimum absolute atomic E-state index is 0.280. The van der Waals surface area contributed by atoms with Gasteiger partial charge in [-0.2, -0.15) is 0 Å². The number of halogens is 3. The van der Waals surface area contributed by atoms with Gasteiger partial charge in [0.1, 0.15) is 0 Å². The van der Waals surface area contributed by atoms with Crippen LogP contribution in [0.1, 0.15) is 24.0 Å². The molecule has 0 saturated heterocycles. The van der Waals surface area contributed by atoms with Crippen LogP contribution in [0.15, 0.2) is 30.3 Å². The number of aryl methyl sites for hydroxylation is 1. The average molecular weight is 308 g/mol. The lowest BCUT2D eigenvalue weighted by molar-refractivity contribution is 0.505. The average Bonchev–Trinajstić information content (AvgIpc) is 3.28. The molecule has 21 heavy (non-hydrogen) atoms. The highest BCUT2D eigenvalue weighted by Crippen LogP contribution is 2.31. The van der Waals surface area contributed by atoms with Gasteiger partial charge in [-0.3, -0.25) is 0 Å². The van der Waals surface area contributed by atoms with E-state index >= 15 is 0 Å². The normalized spacial score (nSPS) is 14.5. The van der Waals surface area contributed by atoms with Crippen molar-refractivity contribution in [2.45, 2.75) is 32.4 Å². The van der Waals surface area contributed by atoms with E-state index in [1.807, 2.05) is 6.07 Å². The molecule has 0 radical (unpaired) electrons. The van der Waals surface area contributed by atoms with Gasteiger partial charge >= 0.3 is 0 Å². The van der Waals surface area contributed by atoms with Crippen LogP contribution in [-0.4, -0.2) is 6.04 Å². The zero-order valence-electron chi connectivity index (χ0n) is 11.7. The van der Waals surface area contributed by atoms with Crippen molar-refractivity contribution in [3.63, 3.8) is 0 Å². The summed E-state index contributed by atoms with van der Waals surface area (Å²) in [7, 11) is 0. The molecule has 4 heteroatoms. The van der Waals surface area contributed by atoms with E-state index in [-0.39, 0.29) is 5.56 Å². The van der Waals surface area contributed by atoms with Gasteiger partial charge in [-0.25, -0.2) is 8.78 Å². The maximum absolute atomic E-state index is 14.2. The quantitative estimate of drug-likeness (QED) is 0.852. The molecule has 110 valence electrons. The second-order valence-electron chi connectivity index (χ2n) is 5.51. The summed E-state index contributed by atoms with van der Waals surface area (Å²) >= 11 is 6.04. The van der Waals surface area contributed by atoms with E-state index in [2.05, 4.69) is 5.32 Å². The molecule has 0 spiro atoms. The monoisotopic (exact) mass is 307 g/mol. The minimum atomic E-state index is -0.801. The van der Waals surface area contributed by atoms with Crippen molar-refractivity contribution in [3.05, 3.63) is 58.1 Å². The van der Waals surface area contributed by atoms with Crippen LogP contribution in [0.25, 0.3) is 11.1 Å². The fraction of sp³-hybridized carbons (Fsp3) is 0.294. The Labute approximate surface area is 127 Å². The van der Waals surface area contributed by atoms with Gasteiger partial charge in [0.05, 0.1) is 0 Å². The highest BCUT2D eigenvalue weighted by Gasteiger charge is 2.21. The predicted octanol–water partition coefficient (Wildman–Crippen LogP) is 4.85. The number of hydrogen-bond donors (Lipinski definition) is 1. The summed E-state index contributed by atoms with van der Waals surface area (Å²) in [5.74, 6) is -1.59. The summed E-state index contributed by atoms with van der Waals surface area (Å²) in [5, 5.41) is 3.98. The molecule has 0 unspecified atom stereocenters. The Morgan fingerprint density at radius 1 is 1.10 bits per heavy atom. The van der Waals surface area contributed by atoms with E-state index in [4.69, 9.17) is 11.6 Å². The van der Waals surface area contributed by atoms with E-state index in [0.717, 1.165) is 5.56 Å². The van der Waals surface area contributed by atoms with Gasteiger partial charge in [-0.1, -0.05) is 29.8 Å². The molecule has 1 saturated carbocycles. The van der Waals surface area contributed by atoms with Crippen LogP contribution >= 0.6 is 11.6 Å². The van der Waals surface area contributed by atoms with Crippen LogP contribution < -0.4 is 5.32 Å². The Morgan fingerprint density at radius 2 is 1.81 bits per heavy atom. The SMILES string of the molecule is Cc1ccc(-c2ccc(Cl)cc2CNC2CC2)c(F)c1F. The molecule has 1 N–H and O–H groups in total. The molecule has 3 rings (SSSR count). The van der Waals surface area contributed by atoms with E-state index < -0.39 is 11.6 Å². The Kier molecular flexibility index (Phi) is 3.96. The lowest BCUT2D eigenvalue weighted by atomic mass is 9.97. The highest BCUT2D eigenvalue weighted by molar-refractivity contribution is 6.30. The van der Waals surface area contributed by atoms with Crippen LogP contribution in [0.2, 0.25) is 5.02 Å². The third kappa shape index (κ3) is 3.09. The molecule has 0 amide bonds.